The van der Waals surface area contributed by atoms with E-state index in [9.17, 15) is 10.1 Å². The molecule has 28 heavy (non-hydrogen) atoms. The molecule has 0 unspecified atom stereocenters. The second kappa shape index (κ2) is 7.53. The van der Waals surface area contributed by atoms with Gasteiger partial charge in [0.05, 0.1) is 21.8 Å². The van der Waals surface area contributed by atoms with Crippen molar-refractivity contribution in [2.75, 3.05) is 0 Å². The minimum absolute atomic E-state index is 0.198. The normalized spacial score (nSPS) is 13.5. The number of aromatic nitrogens is 2. The molecule has 0 bridgehead atoms. The molecule has 3 rings (SSSR count). The Morgan fingerprint density at radius 2 is 2.00 bits per heavy atom. The third-order valence-corrected chi connectivity index (χ3v) is 5.06. The summed E-state index contributed by atoms with van der Waals surface area (Å²) < 4.78 is 1.52. The minimum Gasteiger partial charge on any atom is -0.364 e. The number of fused-ring (bicyclic) bond motifs is 3. The zero-order valence-electron chi connectivity index (χ0n) is 16.5. The fourth-order valence-corrected chi connectivity index (χ4v) is 3.17. The molecule has 0 saturated heterocycles. The maximum atomic E-state index is 13.2. The van der Waals surface area contributed by atoms with E-state index in [-0.39, 0.29) is 5.56 Å². The number of hydrogen-bond donors (Lipinski definition) is 1. The molecule has 0 atom stereocenters. The van der Waals surface area contributed by atoms with E-state index in [4.69, 9.17) is 0 Å². The smallest absolute Gasteiger partial charge is 0.265 e. The van der Waals surface area contributed by atoms with Crippen LogP contribution in [0.15, 0.2) is 64.6 Å². The number of allylic oxidation sites excluding steroid dienone is 5. The van der Waals surface area contributed by atoms with Crippen molar-refractivity contribution in [3.8, 4) is 6.07 Å². The van der Waals surface area contributed by atoms with Crippen molar-refractivity contribution in [2.24, 2.45) is 0 Å². The summed E-state index contributed by atoms with van der Waals surface area (Å²) in [5.74, 6) is 0. The summed E-state index contributed by atoms with van der Waals surface area (Å²) in [6.45, 7) is 11.5. The standard InChI is InChI=1S/C23H22N4O/c1-6-9-14(2)15(3)17(5)25-13-19-16(4)18(12-24)22-26-20-10-7-8-11-21(20)27(22)23(19)28/h6-11,13,25H,1H2,2-5H3/b14-9-,17-15+,19-13?. The molecule has 140 valence electrons. The van der Waals surface area contributed by atoms with Gasteiger partial charge in [-0.2, -0.15) is 5.26 Å². The number of rotatable bonds is 4. The maximum Gasteiger partial charge on any atom is 0.265 e. The van der Waals surface area contributed by atoms with Crippen LogP contribution >= 0.6 is 0 Å². The van der Waals surface area contributed by atoms with Crippen LogP contribution in [0, 0.1) is 18.3 Å². The van der Waals surface area contributed by atoms with Crippen LogP contribution in [0.25, 0.3) is 22.9 Å². The van der Waals surface area contributed by atoms with E-state index in [1.54, 1.807) is 19.2 Å². The molecule has 0 fully saturated rings. The van der Waals surface area contributed by atoms with Crippen LogP contribution in [0.1, 0.15) is 31.9 Å². The summed E-state index contributed by atoms with van der Waals surface area (Å²) in [5, 5.41) is 13.3. The van der Waals surface area contributed by atoms with Crippen LogP contribution in [0.4, 0.5) is 0 Å². The molecule has 5 nitrogen and oxygen atoms in total. The molecule has 1 N–H and O–H groups in total. The molecule has 5 heteroatoms. The van der Waals surface area contributed by atoms with Gasteiger partial charge in [0.15, 0.2) is 5.65 Å². The molecule has 3 aromatic rings. The van der Waals surface area contributed by atoms with E-state index >= 15 is 0 Å². The van der Waals surface area contributed by atoms with Crippen molar-refractivity contribution >= 4 is 22.9 Å². The van der Waals surface area contributed by atoms with Gasteiger partial charge in [-0.05, 0) is 56.5 Å². The van der Waals surface area contributed by atoms with Gasteiger partial charge in [0, 0.05) is 11.9 Å². The highest BCUT2D eigenvalue weighted by Gasteiger charge is 2.15. The molecule has 0 saturated carbocycles. The van der Waals surface area contributed by atoms with Crippen LogP contribution in [-0.4, -0.2) is 9.38 Å². The van der Waals surface area contributed by atoms with Gasteiger partial charge in [-0.25, -0.2) is 4.98 Å². The molecular weight excluding hydrogens is 348 g/mol. The maximum absolute atomic E-state index is 13.2. The average molecular weight is 370 g/mol. The molecule has 2 heterocycles. The van der Waals surface area contributed by atoms with E-state index in [1.165, 1.54) is 4.40 Å². The Morgan fingerprint density at radius 3 is 2.68 bits per heavy atom. The lowest BCUT2D eigenvalue weighted by Crippen LogP contribution is -2.35. The number of imidazole rings is 1. The summed E-state index contributed by atoms with van der Waals surface area (Å²) in [7, 11) is 0. The first-order valence-electron chi connectivity index (χ1n) is 8.98. The van der Waals surface area contributed by atoms with Gasteiger partial charge >= 0.3 is 0 Å². The summed E-state index contributed by atoms with van der Waals surface area (Å²) in [6.07, 6.45) is 5.35. The molecule has 0 radical (unpaired) electrons. The fraction of sp³-hybridized carbons (Fsp3) is 0.174. The first-order valence-corrected chi connectivity index (χ1v) is 8.98. The summed E-state index contributed by atoms with van der Waals surface area (Å²) in [4.78, 5) is 17.7. The molecule has 2 aromatic heterocycles. The second-order valence-corrected chi connectivity index (χ2v) is 6.71. The fourth-order valence-electron chi connectivity index (χ4n) is 3.17. The lowest BCUT2D eigenvalue weighted by Gasteiger charge is -2.09. The van der Waals surface area contributed by atoms with Crippen LogP contribution < -0.4 is 16.1 Å². The van der Waals surface area contributed by atoms with Gasteiger partial charge in [0.2, 0.25) is 0 Å². The number of pyridine rings is 1. The molecule has 0 aliphatic heterocycles. The van der Waals surface area contributed by atoms with E-state index in [2.05, 4.69) is 22.9 Å². The van der Waals surface area contributed by atoms with Crippen molar-refractivity contribution < 1.29 is 0 Å². The van der Waals surface area contributed by atoms with E-state index in [0.717, 1.165) is 16.8 Å². The number of hydrogen-bond acceptors (Lipinski definition) is 4. The molecule has 0 amide bonds. The molecule has 0 aliphatic rings. The Hall–Kier alpha value is -3.65. The van der Waals surface area contributed by atoms with Crippen molar-refractivity contribution in [3.05, 3.63) is 86.5 Å². The van der Waals surface area contributed by atoms with Gasteiger partial charge in [-0.3, -0.25) is 9.20 Å². The largest absolute Gasteiger partial charge is 0.364 e. The topological polar surface area (TPSA) is 70.2 Å². The second-order valence-electron chi connectivity index (χ2n) is 6.71. The number of para-hydroxylation sites is 2. The van der Waals surface area contributed by atoms with Gasteiger partial charge in [-0.1, -0.05) is 30.9 Å². The Bertz CT molecular complexity index is 1320. The predicted octanol–water partition coefficient (Wildman–Crippen LogP) is 3.50. The SMILES string of the molecule is C=C/C=C(C)\C(C)=C(/C)NC=c1c(C)c(C#N)c2nc3ccccc3n2c1=O. The van der Waals surface area contributed by atoms with E-state index < -0.39 is 0 Å². The number of benzene rings is 1. The Kier molecular flexibility index (Phi) is 5.14. The first kappa shape index (κ1) is 19.1. The molecule has 1 aromatic carbocycles. The highest BCUT2D eigenvalue weighted by molar-refractivity contribution is 5.82. The lowest BCUT2D eigenvalue weighted by atomic mass is 10.1. The van der Waals surface area contributed by atoms with Crippen molar-refractivity contribution in [3.63, 3.8) is 0 Å². The van der Waals surface area contributed by atoms with Crippen molar-refractivity contribution in [1.82, 2.24) is 14.7 Å². The Labute approximate surface area is 163 Å². The van der Waals surface area contributed by atoms with Crippen LogP contribution in [-0.2, 0) is 0 Å². The highest BCUT2D eigenvalue weighted by Crippen LogP contribution is 2.17. The zero-order chi connectivity index (χ0) is 20.4. The van der Waals surface area contributed by atoms with Crippen LogP contribution in [0.5, 0.6) is 0 Å². The summed E-state index contributed by atoms with van der Waals surface area (Å²) >= 11 is 0. The molecule has 0 spiro atoms. The first-order chi connectivity index (χ1) is 13.4. The lowest BCUT2D eigenvalue weighted by molar-refractivity contribution is 1.04. The average Bonchev–Trinajstić information content (AvgIpc) is 3.07. The van der Waals surface area contributed by atoms with Crippen molar-refractivity contribution in [1.29, 1.82) is 5.26 Å². The van der Waals surface area contributed by atoms with Gasteiger partial charge in [0.25, 0.3) is 5.56 Å². The van der Waals surface area contributed by atoms with Gasteiger partial charge in [0.1, 0.15) is 6.07 Å². The summed E-state index contributed by atoms with van der Waals surface area (Å²) in [5.41, 5.74) is 5.69. The Balaban J connectivity index is 2.29. The van der Waals surface area contributed by atoms with Gasteiger partial charge in [-0.15, -0.1) is 0 Å². The van der Waals surface area contributed by atoms with Gasteiger partial charge < -0.3 is 5.32 Å². The van der Waals surface area contributed by atoms with E-state index in [0.29, 0.717) is 33.0 Å². The van der Waals surface area contributed by atoms with E-state index in [1.807, 2.05) is 51.1 Å². The number of nitriles is 1. The zero-order valence-corrected chi connectivity index (χ0v) is 16.5. The Morgan fingerprint density at radius 1 is 1.29 bits per heavy atom. The third kappa shape index (κ3) is 3.10. The molecular formula is C23H22N4O. The predicted molar refractivity (Wildman–Crippen MR) is 114 cm³/mol. The monoisotopic (exact) mass is 370 g/mol. The quantitative estimate of drug-likeness (QED) is 0.714. The van der Waals surface area contributed by atoms with Crippen molar-refractivity contribution in [2.45, 2.75) is 27.7 Å². The van der Waals surface area contributed by atoms with Crippen LogP contribution in [0.3, 0.4) is 0 Å². The van der Waals surface area contributed by atoms with Crippen LogP contribution in [0.2, 0.25) is 0 Å². The minimum atomic E-state index is -0.198. The highest BCUT2D eigenvalue weighted by atomic mass is 16.1. The third-order valence-electron chi connectivity index (χ3n) is 5.06. The summed E-state index contributed by atoms with van der Waals surface area (Å²) in [6, 6.07) is 9.60. The molecule has 0 aliphatic carbocycles. The number of nitrogens with one attached hydrogen (secondary N) is 1. The number of nitrogens with zero attached hydrogens (tertiary/aromatic N) is 3.